The Labute approximate surface area is 80.0 Å². The molecule has 1 N–H and O–H groups in total. The Balaban J connectivity index is 2.70. The highest BCUT2D eigenvalue weighted by Crippen LogP contribution is 2.39. The number of rotatable bonds is 3. The second kappa shape index (κ2) is 3.84. The third kappa shape index (κ3) is 1.69. The average Bonchev–Trinajstić information content (AvgIpc) is 2.54. The summed E-state index contributed by atoms with van der Waals surface area (Å²) >= 11 is 2.02. The van der Waals surface area contributed by atoms with Crippen molar-refractivity contribution >= 4 is 11.8 Å². The largest absolute Gasteiger partial charge is 0.304 e. The third-order valence-electron chi connectivity index (χ3n) is 2.97. The summed E-state index contributed by atoms with van der Waals surface area (Å²) in [7, 11) is 0. The molecule has 0 radical (unpaired) electrons. The first-order chi connectivity index (χ1) is 5.61. The van der Waals surface area contributed by atoms with Gasteiger partial charge in [-0.15, -0.1) is 18.3 Å². The molecule has 1 aliphatic rings. The maximum Gasteiger partial charge on any atom is 0.0624 e. The van der Waals surface area contributed by atoms with E-state index < -0.39 is 0 Å². The van der Waals surface area contributed by atoms with Gasteiger partial charge in [0.25, 0.3) is 0 Å². The molecule has 0 spiro atoms. The van der Waals surface area contributed by atoms with E-state index in [0.717, 1.165) is 6.54 Å². The summed E-state index contributed by atoms with van der Waals surface area (Å²) in [5.41, 5.74) is 0.237. The van der Waals surface area contributed by atoms with Crippen LogP contribution in [0, 0.1) is 11.3 Å². The summed E-state index contributed by atoms with van der Waals surface area (Å²) in [5.74, 6) is 1.89. The standard InChI is InChI=1S/C10H19NS/c1-5-10(4,8(2)3)9-11-6-7-12-9/h5,8-9,11H,1,6-7H2,2-4H3. The van der Waals surface area contributed by atoms with Gasteiger partial charge in [-0.25, -0.2) is 0 Å². The molecule has 0 aromatic carbocycles. The van der Waals surface area contributed by atoms with Crippen LogP contribution >= 0.6 is 11.8 Å². The van der Waals surface area contributed by atoms with E-state index >= 15 is 0 Å². The minimum atomic E-state index is 0.237. The van der Waals surface area contributed by atoms with Crippen molar-refractivity contribution in [1.82, 2.24) is 5.32 Å². The van der Waals surface area contributed by atoms with Crippen LogP contribution < -0.4 is 5.32 Å². The van der Waals surface area contributed by atoms with Gasteiger partial charge < -0.3 is 5.32 Å². The van der Waals surface area contributed by atoms with Crippen molar-refractivity contribution in [3.63, 3.8) is 0 Å². The van der Waals surface area contributed by atoms with Gasteiger partial charge in [0.1, 0.15) is 0 Å². The van der Waals surface area contributed by atoms with Crippen LogP contribution in [0.5, 0.6) is 0 Å². The van der Waals surface area contributed by atoms with Crippen LogP contribution in [0.4, 0.5) is 0 Å². The van der Waals surface area contributed by atoms with Crippen LogP contribution in [0.1, 0.15) is 20.8 Å². The molecule has 0 aliphatic carbocycles. The molecule has 2 atom stereocenters. The highest BCUT2D eigenvalue weighted by atomic mass is 32.2. The van der Waals surface area contributed by atoms with Crippen molar-refractivity contribution in [3.8, 4) is 0 Å². The summed E-state index contributed by atoms with van der Waals surface area (Å²) in [6, 6.07) is 0. The molecule has 1 rings (SSSR count). The Morgan fingerprint density at radius 1 is 1.67 bits per heavy atom. The molecule has 1 heterocycles. The summed E-state index contributed by atoms with van der Waals surface area (Å²) < 4.78 is 0. The molecule has 0 aromatic rings. The summed E-state index contributed by atoms with van der Waals surface area (Å²) in [6.07, 6.45) is 2.10. The lowest BCUT2D eigenvalue weighted by Gasteiger charge is -2.35. The molecule has 70 valence electrons. The highest BCUT2D eigenvalue weighted by molar-refractivity contribution is 8.00. The van der Waals surface area contributed by atoms with Crippen molar-refractivity contribution in [1.29, 1.82) is 0 Å². The van der Waals surface area contributed by atoms with Gasteiger partial charge in [0.15, 0.2) is 0 Å². The van der Waals surface area contributed by atoms with Crippen molar-refractivity contribution < 1.29 is 0 Å². The molecular formula is C10H19NS. The van der Waals surface area contributed by atoms with Gasteiger partial charge >= 0.3 is 0 Å². The molecular weight excluding hydrogens is 166 g/mol. The van der Waals surface area contributed by atoms with Crippen LogP contribution in [0.2, 0.25) is 0 Å². The van der Waals surface area contributed by atoms with Crippen molar-refractivity contribution in [2.45, 2.75) is 26.1 Å². The Hall–Kier alpha value is 0.0500. The summed E-state index contributed by atoms with van der Waals surface area (Å²) in [6.45, 7) is 11.9. The smallest absolute Gasteiger partial charge is 0.0624 e. The molecule has 1 fully saturated rings. The lowest BCUT2D eigenvalue weighted by Crippen LogP contribution is -2.39. The Morgan fingerprint density at radius 3 is 2.67 bits per heavy atom. The normalized spacial score (nSPS) is 28.8. The number of thioether (sulfide) groups is 1. The Bertz CT molecular complexity index is 161. The van der Waals surface area contributed by atoms with Crippen molar-refractivity contribution in [2.24, 2.45) is 11.3 Å². The van der Waals surface area contributed by atoms with E-state index in [4.69, 9.17) is 0 Å². The first-order valence-corrected chi connectivity index (χ1v) is 5.64. The molecule has 1 nitrogen and oxygen atoms in total. The van der Waals surface area contributed by atoms with Gasteiger partial charge in [0.05, 0.1) is 5.37 Å². The van der Waals surface area contributed by atoms with E-state index in [1.165, 1.54) is 5.75 Å². The molecule has 0 aromatic heterocycles. The second-order valence-electron chi connectivity index (χ2n) is 3.93. The Kier molecular flexibility index (Phi) is 3.24. The molecule has 2 unspecified atom stereocenters. The number of hydrogen-bond acceptors (Lipinski definition) is 2. The van der Waals surface area contributed by atoms with E-state index in [1.807, 2.05) is 11.8 Å². The zero-order valence-corrected chi connectivity index (χ0v) is 9.08. The third-order valence-corrected chi connectivity index (χ3v) is 4.41. The molecule has 0 bridgehead atoms. The van der Waals surface area contributed by atoms with E-state index in [2.05, 4.69) is 38.7 Å². The van der Waals surface area contributed by atoms with Gasteiger partial charge in [-0.1, -0.05) is 26.8 Å². The van der Waals surface area contributed by atoms with E-state index in [-0.39, 0.29) is 5.41 Å². The SMILES string of the molecule is C=CC(C)(C(C)C)C1NCCS1. The summed E-state index contributed by atoms with van der Waals surface area (Å²) in [5, 5.41) is 4.09. The lowest BCUT2D eigenvalue weighted by atomic mass is 9.79. The zero-order valence-electron chi connectivity index (χ0n) is 8.26. The second-order valence-corrected chi connectivity index (χ2v) is 5.14. The Morgan fingerprint density at radius 2 is 2.33 bits per heavy atom. The molecule has 1 saturated heterocycles. The van der Waals surface area contributed by atoms with Crippen LogP contribution in [0.3, 0.4) is 0 Å². The fraction of sp³-hybridized carbons (Fsp3) is 0.800. The van der Waals surface area contributed by atoms with Crippen LogP contribution in [-0.2, 0) is 0 Å². The van der Waals surface area contributed by atoms with E-state index in [0.29, 0.717) is 11.3 Å². The van der Waals surface area contributed by atoms with Gasteiger partial charge in [0, 0.05) is 17.7 Å². The maximum atomic E-state index is 3.95. The average molecular weight is 185 g/mol. The van der Waals surface area contributed by atoms with Crippen molar-refractivity contribution in [2.75, 3.05) is 12.3 Å². The maximum absolute atomic E-state index is 3.95. The first kappa shape index (κ1) is 10.1. The topological polar surface area (TPSA) is 12.0 Å². The minimum absolute atomic E-state index is 0.237. The molecule has 1 aliphatic heterocycles. The zero-order chi connectivity index (χ0) is 9.19. The van der Waals surface area contributed by atoms with Gasteiger partial charge in [-0.3, -0.25) is 0 Å². The van der Waals surface area contributed by atoms with Crippen molar-refractivity contribution in [3.05, 3.63) is 12.7 Å². The fourth-order valence-corrected chi connectivity index (χ4v) is 2.91. The number of hydrogen-bond donors (Lipinski definition) is 1. The molecule has 0 saturated carbocycles. The quantitative estimate of drug-likeness (QED) is 0.678. The van der Waals surface area contributed by atoms with E-state index in [9.17, 15) is 0 Å². The molecule has 2 heteroatoms. The highest BCUT2D eigenvalue weighted by Gasteiger charge is 2.36. The predicted octanol–water partition coefficient (Wildman–Crippen LogP) is 2.50. The van der Waals surface area contributed by atoms with Crippen LogP contribution in [-0.4, -0.2) is 17.7 Å². The lowest BCUT2D eigenvalue weighted by molar-refractivity contribution is 0.270. The monoisotopic (exact) mass is 185 g/mol. The van der Waals surface area contributed by atoms with Gasteiger partial charge in [0.2, 0.25) is 0 Å². The van der Waals surface area contributed by atoms with Gasteiger partial charge in [-0.2, -0.15) is 0 Å². The molecule has 0 amide bonds. The number of nitrogens with one attached hydrogen (secondary N) is 1. The summed E-state index contributed by atoms with van der Waals surface area (Å²) in [4.78, 5) is 0. The van der Waals surface area contributed by atoms with Crippen LogP contribution in [0.15, 0.2) is 12.7 Å². The fourth-order valence-electron chi connectivity index (χ4n) is 1.47. The van der Waals surface area contributed by atoms with Gasteiger partial charge in [-0.05, 0) is 5.92 Å². The van der Waals surface area contributed by atoms with Crippen LogP contribution in [0.25, 0.3) is 0 Å². The van der Waals surface area contributed by atoms with E-state index in [1.54, 1.807) is 0 Å². The molecule has 12 heavy (non-hydrogen) atoms. The predicted molar refractivity (Wildman–Crippen MR) is 57.4 cm³/mol. The minimum Gasteiger partial charge on any atom is -0.304 e. The first-order valence-electron chi connectivity index (χ1n) is 4.60.